The van der Waals surface area contributed by atoms with Gasteiger partial charge in [0.15, 0.2) is 0 Å². The van der Waals surface area contributed by atoms with Crippen LogP contribution >= 0.6 is 11.3 Å². The highest BCUT2D eigenvalue weighted by Crippen LogP contribution is 2.33. The van der Waals surface area contributed by atoms with Crippen LogP contribution in [0.15, 0.2) is 5.38 Å². The molecule has 1 aromatic rings. The molecule has 0 aromatic carbocycles. The van der Waals surface area contributed by atoms with Crippen LogP contribution in [0, 0.1) is 5.92 Å². The topological polar surface area (TPSA) is 88.5 Å². The summed E-state index contributed by atoms with van der Waals surface area (Å²) >= 11 is 1.40. The summed E-state index contributed by atoms with van der Waals surface area (Å²) in [6.07, 6.45) is 4.47. The molecule has 0 radical (unpaired) electrons. The van der Waals surface area contributed by atoms with Crippen molar-refractivity contribution in [2.24, 2.45) is 5.92 Å². The molecule has 2 aliphatic rings. The summed E-state index contributed by atoms with van der Waals surface area (Å²) in [5, 5.41) is 14.8. The van der Waals surface area contributed by atoms with E-state index in [1.54, 1.807) is 5.38 Å². The molecule has 1 saturated heterocycles. The minimum atomic E-state index is -1.16. The molecule has 2 fully saturated rings. The third-order valence-corrected chi connectivity index (χ3v) is 5.79. The Labute approximate surface area is 139 Å². The molecule has 0 bridgehead atoms. The molecule has 6 nitrogen and oxygen atoms in total. The molecular formula is C16H22N2O4S. The van der Waals surface area contributed by atoms with Crippen molar-refractivity contribution in [3.63, 3.8) is 0 Å². The van der Waals surface area contributed by atoms with Crippen LogP contribution in [0.5, 0.6) is 0 Å². The summed E-state index contributed by atoms with van der Waals surface area (Å²) in [5.74, 6) is -0.848. The van der Waals surface area contributed by atoms with E-state index in [1.807, 2.05) is 0 Å². The van der Waals surface area contributed by atoms with Crippen molar-refractivity contribution >= 4 is 23.2 Å². The maximum Gasteiger partial charge on any atom is 0.329 e. The lowest BCUT2D eigenvalue weighted by Gasteiger charge is -2.36. The van der Waals surface area contributed by atoms with Crippen LogP contribution in [0.1, 0.15) is 67.0 Å². The molecule has 2 heterocycles. The number of nitrogens with zero attached hydrogens (tertiary/aromatic N) is 1. The summed E-state index contributed by atoms with van der Waals surface area (Å²) in [7, 11) is 0. The molecule has 1 atom stereocenters. The Morgan fingerprint density at radius 1 is 1.39 bits per heavy atom. The zero-order valence-electron chi connectivity index (χ0n) is 13.2. The third-order valence-electron chi connectivity index (χ3n) is 4.85. The lowest BCUT2D eigenvalue weighted by atomic mass is 9.77. The van der Waals surface area contributed by atoms with Crippen LogP contribution < -0.4 is 5.32 Å². The van der Waals surface area contributed by atoms with Crippen LogP contribution in [0.3, 0.4) is 0 Å². The van der Waals surface area contributed by atoms with Crippen molar-refractivity contribution in [2.45, 2.75) is 57.1 Å². The average molecular weight is 338 g/mol. The first-order valence-electron chi connectivity index (χ1n) is 8.13. The van der Waals surface area contributed by atoms with Crippen molar-refractivity contribution in [3.8, 4) is 0 Å². The number of carbonyl (C=O) groups is 2. The molecule has 7 heteroatoms. The molecule has 23 heavy (non-hydrogen) atoms. The first-order chi connectivity index (χ1) is 11.0. The molecule has 1 unspecified atom stereocenters. The number of carboxylic acid groups (broad SMARTS) is 1. The fraction of sp³-hybridized carbons (Fsp3) is 0.688. The van der Waals surface area contributed by atoms with Gasteiger partial charge in [-0.05, 0) is 44.4 Å². The van der Waals surface area contributed by atoms with Crippen molar-refractivity contribution in [1.29, 1.82) is 0 Å². The second-order valence-electron chi connectivity index (χ2n) is 6.60. The van der Waals surface area contributed by atoms with Gasteiger partial charge in [-0.15, -0.1) is 11.3 Å². The van der Waals surface area contributed by atoms with Gasteiger partial charge in [-0.25, -0.2) is 9.78 Å². The Morgan fingerprint density at radius 2 is 2.13 bits per heavy atom. The van der Waals surface area contributed by atoms with Gasteiger partial charge in [-0.2, -0.15) is 0 Å². The van der Waals surface area contributed by atoms with E-state index in [-0.39, 0.29) is 6.10 Å². The number of thiazole rings is 1. The average Bonchev–Trinajstić information content (AvgIpc) is 3.20. The Morgan fingerprint density at radius 3 is 2.74 bits per heavy atom. The summed E-state index contributed by atoms with van der Waals surface area (Å²) in [5.41, 5.74) is -0.864. The number of carbonyl (C=O) groups excluding carboxylic acids is 1. The van der Waals surface area contributed by atoms with Crippen LogP contribution in [-0.4, -0.2) is 34.1 Å². The number of nitrogens with one attached hydrogen (secondary N) is 1. The number of amides is 1. The van der Waals surface area contributed by atoms with Crippen molar-refractivity contribution in [1.82, 2.24) is 10.3 Å². The number of hydrogen-bond donors (Lipinski definition) is 2. The number of hydrogen-bond acceptors (Lipinski definition) is 5. The van der Waals surface area contributed by atoms with E-state index in [9.17, 15) is 14.7 Å². The molecule has 1 aromatic heterocycles. The molecule has 1 aliphatic heterocycles. The maximum absolute atomic E-state index is 12.5. The summed E-state index contributed by atoms with van der Waals surface area (Å²) in [6.45, 7) is 2.84. The number of ether oxygens (including phenoxy) is 1. The van der Waals surface area contributed by atoms with Crippen molar-refractivity contribution in [3.05, 3.63) is 16.1 Å². The first-order valence-corrected chi connectivity index (χ1v) is 9.01. The maximum atomic E-state index is 12.5. The summed E-state index contributed by atoms with van der Waals surface area (Å²) in [6, 6.07) is 0. The fourth-order valence-electron chi connectivity index (χ4n) is 3.24. The Hall–Kier alpha value is -1.47. The predicted octanol–water partition coefficient (Wildman–Crippen LogP) is 2.76. The molecule has 3 rings (SSSR count). The second kappa shape index (κ2) is 6.57. The number of rotatable bonds is 4. The van der Waals surface area contributed by atoms with Gasteiger partial charge in [-0.1, -0.05) is 6.92 Å². The van der Waals surface area contributed by atoms with E-state index >= 15 is 0 Å². The monoisotopic (exact) mass is 338 g/mol. The molecule has 126 valence electrons. The summed E-state index contributed by atoms with van der Waals surface area (Å²) in [4.78, 5) is 28.5. The highest BCUT2D eigenvalue weighted by Gasteiger charge is 2.43. The predicted molar refractivity (Wildman–Crippen MR) is 85.5 cm³/mol. The van der Waals surface area contributed by atoms with Crippen molar-refractivity contribution < 1.29 is 19.4 Å². The molecule has 1 amide bonds. The fourth-order valence-corrected chi connectivity index (χ4v) is 4.12. The first kappa shape index (κ1) is 16.4. The number of aromatic nitrogens is 1. The minimum Gasteiger partial charge on any atom is -0.480 e. The molecule has 2 N–H and O–H groups in total. The number of carboxylic acids is 1. The van der Waals surface area contributed by atoms with Crippen LogP contribution in [-0.2, 0) is 9.53 Å². The Balaban J connectivity index is 1.71. The Bertz CT molecular complexity index is 587. The quantitative estimate of drug-likeness (QED) is 0.881. The second-order valence-corrected chi connectivity index (χ2v) is 7.49. The van der Waals surface area contributed by atoms with Crippen LogP contribution in [0.4, 0.5) is 0 Å². The standard InChI is InChI=1S/C16H22N2O4S/c1-10-4-6-16(7-5-10,15(20)21)18-13(19)11-9-23-14(17-11)12-3-2-8-22-12/h9-10,12H,2-8H2,1H3,(H,18,19)(H,20,21). The van der Waals surface area contributed by atoms with Gasteiger partial charge in [0, 0.05) is 12.0 Å². The van der Waals surface area contributed by atoms with Gasteiger partial charge in [-0.3, -0.25) is 4.79 Å². The molecule has 1 saturated carbocycles. The summed E-state index contributed by atoms with van der Waals surface area (Å²) < 4.78 is 5.57. The third kappa shape index (κ3) is 3.40. The lowest BCUT2D eigenvalue weighted by Crippen LogP contribution is -2.56. The van der Waals surface area contributed by atoms with E-state index in [0.717, 1.165) is 37.3 Å². The van der Waals surface area contributed by atoms with Gasteiger partial charge < -0.3 is 15.2 Å². The van der Waals surface area contributed by atoms with Gasteiger partial charge in [0.25, 0.3) is 5.91 Å². The minimum absolute atomic E-state index is 0.0227. The number of aliphatic carboxylic acids is 1. The highest BCUT2D eigenvalue weighted by molar-refractivity contribution is 7.09. The van der Waals surface area contributed by atoms with Gasteiger partial charge >= 0.3 is 5.97 Å². The van der Waals surface area contributed by atoms with E-state index in [0.29, 0.717) is 24.5 Å². The molecular weight excluding hydrogens is 316 g/mol. The lowest BCUT2D eigenvalue weighted by molar-refractivity contribution is -0.146. The van der Waals surface area contributed by atoms with Crippen LogP contribution in [0.2, 0.25) is 0 Å². The van der Waals surface area contributed by atoms with E-state index in [2.05, 4.69) is 17.2 Å². The largest absolute Gasteiger partial charge is 0.480 e. The van der Waals surface area contributed by atoms with Crippen molar-refractivity contribution in [2.75, 3.05) is 6.61 Å². The van der Waals surface area contributed by atoms with Crippen LogP contribution in [0.25, 0.3) is 0 Å². The Kier molecular flexibility index (Phi) is 4.68. The zero-order valence-corrected chi connectivity index (χ0v) is 14.0. The molecule has 0 spiro atoms. The van der Waals surface area contributed by atoms with Gasteiger partial charge in [0.2, 0.25) is 0 Å². The zero-order chi connectivity index (χ0) is 16.4. The van der Waals surface area contributed by atoms with E-state index < -0.39 is 17.4 Å². The highest BCUT2D eigenvalue weighted by atomic mass is 32.1. The SMILES string of the molecule is CC1CCC(NC(=O)c2csc(C3CCCO3)n2)(C(=O)O)CC1. The van der Waals surface area contributed by atoms with E-state index in [4.69, 9.17) is 4.74 Å². The normalized spacial score (nSPS) is 31.0. The van der Waals surface area contributed by atoms with E-state index in [1.165, 1.54) is 11.3 Å². The molecule has 1 aliphatic carbocycles. The van der Waals surface area contributed by atoms with Gasteiger partial charge in [0.05, 0.1) is 0 Å². The van der Waals surface area contributed by atoms with Gasteiger partial charge in [0.1, 0.15) is 22.3 Å². The smallest absolute Gasteiger partial charge is 0.329 e.